The molecule has 0 fully saturated rings. The first-order chi connectivity index (χ1) is 7.83. The van der Waals surface area contributed by atoms with Crippen LogP contribution in [0.5, 0.6) is 5.88 Å². The maximum Gasteiger partial charge on any atom is 0.221 e. The molecule has 0 aliphatic rings. The number of nitrogens with zero attached hydrogens (tertiary/aromatic N) is 2. The number of nitrogen functional groups attached to an aromatic ring is 1. The molecule has 0 radical (unpaired) electrons. The summed E-state index contributed by atoms with van der Waals surface area (Å²) in [7, 11) is 0. The Hall–Kier alpha value is -1.36. The summed E-state index contributed by atoms with van der Waals surface area (Å²) in [5.74, 6) is 6.66. The van der Waals surface area contributed by atoms with Crippen molar-refractivity contribution in [3.8, 4) is 5.88 Å². The molecule has 0 aromatic carbocycles. The summed E-state index contributed by atoms with van der Waals surface area (Å²) in [5, 5.41) is 0. The van der Waals surface area contributed by atoms with Gasteiger partial charge in [-0.1, -0.05) is 26.7 Å². The highest BCUT2D eigenvalue weighted by molar-refractivity contribution is 5.47. The molecule has 0 aliphatic heterocycles. The number of hydrogen-bond donors (Lipinski definition) is 2. The zero-order valence-corrected chi connectivity index (χ0v) is 9.99. The largest absolute Gasteiger partial charge is 0.477 e. The van der Waals surface area contributed by atoms with Gasteiger partial charge in [0, 0.05) is 0 Å². The number of rotatable bonds is 7. The Morgan fingerprint density at radius 3 is 2.75 bits per heavy atom. The Kier molecular flexibility index (Phi) is 5.56. The summed E-state index contributed by atoms with van der Waals surface area (Å²) in [6.07, 6.45) is 5.67. The van der Waals surface area contributed by atoms with Crippen molar-refractivity contribution in [2.75, 3.05) is 12.0 Å². The molecule has 0 saturated heterocycles. The average molecular weight is 224 g/mol. The summed E-state index contributed by atoms with van der Waals surface area (Å²) in [6, 6.07) is 0. The first-order valence-electron chi connectivity index (χ1n) is 5.76. The summed E-state index contributed by atoms with van der Waals surface area (Å²) in [6.45, 7) is 4.89. The molecule has 0 bridgehead atoms. The highest BCUT2D eigenvalue weighted by atomic mass is 16.5. The van der Waals surface area contributed by atoms with Crippen molar-refractivity contribution >= 4 is 5.82 Å². The van der Waals surface area contributed by atoms with Gasteiger partial charge in [0.1, 0.15) is 12.1 Å². The van der Waals surface area contributed by atoms with Crippen molar-refractivity contribution in [1.82, 2.24) is 9.97 Å². The second-order valence-corrected chi connectivity index (χ2v) is 3.56. The molecule has 5 heteroatoms. The molecule has 3 N–H and O–H groups in total. The van der Waals surface area contributed by atoms with E-state index < -0.39 is 0 Å². The maximum atomic E-state index is 5.63. The minimum atomic E-state index is 0.640. The first-order valence-corrected chi connectivity index (χ1v) is 5.76. The van der Waals surface area contributed by atoms with Gasteiger partial charge in [-0.3, -0.25) is 0 Å². The van der Waals surface area contributed by atoms with Crippen molar-refractivity contribution in [3.05, 3.63) is 11.9 Å². The van der Waals surface area contributed by atoms with Gasteiger partial charge in [-0.15, -0.1) is 0 Å². The van der Waals surface area contributed by atoms with Crippen LogP contribution in [-0.4, -0.2) is 16.6 Å². The van der Waals surface area contributed by atoms with Gasteiger partial charge in [0.15, 0.2) is 0 Å². The molecular weight excluding hydrogens is 204 g/mol. The van der Waals surface area contributed by atoms with E-state index >= 15 is 0 Å². The lowest BCUT2D eigenvalue weighted by molar-refractivity contribution is 0.291. The molecule has 1 heterocycles. The van der Waals surface area contributed by atoms with Crippen molar-refractivity contribution in [2.45, 2.75) is 39.5 Å². The fourth-order valence-corrected chi connectivity index (χ4v) is 1.48. The van der Waals surface area contributed by atoms with Crippen LogP contribution in [0.25, 0.3) is 0 Å². The Bertz CT molecular complexity index is 317. The van der Waals surface area contributed by atoms with Crippen molar-refractivity contribution < 1.29 is 4.74 Å². The van der Waals surface area contributed by atoms with E-state index in [4.69, 9.17) is 10.6 Å². The predicted molar refractivity (Wildman–Crippen MR) is 64.2 cm³/mol. The Labute approximate surface area is 96.4 Å². The fourth-order valence-electron chi connectivity index (χ4n) is 1.48. The Morgan fingerprint density at radius 2 is 2.12 bits per heavy atom. The molecular formula is C11H20N4O. The minimum Gasteiger partial charge on any atom is -0.477 e. The van der Waals surface area contributed by atoms with Crippen LogP contribution < -0.4 is 16.0 Å². The lowest BCUT2D eigenvalue weighted by Gasteiger charge is -2.11. The Balaban J connectivity index is 2.63. The second kappa shape index (κ2) is 7.00. The number of unbranched alkanes of at least 4 members (excludes halogenated alkanes) is 2. The van der Waals surface area contributed by atoms with Gasteiger partial charge in [-0.2, -0.15) is 0 Å². The number of anilines is 1. The van der Waals surface area contributed by atoms with Crippen LogP contribution >= 0.6 is 0 Å². The van der Waals surface area contributed by atoms with Gasteiger partial charge in [0.25, 0.3) is 0 Å². The van der Waals surface area contributed by atoms with Gasteiger partial charge < -0.3 is 10.2 Å². The number of nitrogens with one attached hydrogen (secondary N) is 1. The Morgan fingerprint density at radius 1 is 1.31 bits per heavy atom. The molecule has 0 atom stereocenters. The van der Waals surface area contributed by atoms with Gasteiger partial charge in [-0.25, -0.2) is 15.8 Å². The molecule has 0 spiro atoms. The van der Waals surface area contributed by atoms with E-state index in [2.05, 4.69) is 22.3 Å². The molecule has 16 heavy (non-hydrogen) atoms. The van der Waals surface area contributed by atoms with E-state index in [1.165, 1.54) is 19.2 Å². The van der Waals surface area contributed by atoms with Crippen LogP contribution in [0, 0.1) is 0 Å². The predicted octanol–water partition coefficient (Wildman–Crippen LogP) is 1.89. The zero-order valence-electron chi connectivity index (χ0n) is 9.99. The van der Waals surface area contributed by atoms with Crippen molar-refractivity contribution in [1.29, 1.82) is 0 Å². The van der Waals surface area contributed by atoms with Crippen molar-refractivity contribution in [2.24, 2.45) is 5.84 Å². The van der Waals surface area contributed by atoms with Crippen LogP contribution in [0.2, 0.25) is 0 Å². The second-order valence-electron chi connectivity index (χ2n) is 3.56. The van der Waals surface area contributed by atoms with Crippen LogP contribution in [-0.2, 0) is 6.42 Å². The zero-order chi connectivity index (χ0) is 11.8. The minimum absolute atomic E-state index is 0.640. The van der Waals surface area contributed by atoms with E-state index in [9.17, 15) is 0 Å². The van der Waals surface area contributed by atoms with E-state index in [1.54, 1.807) is 0 Å². The number of hydrazine groups is 1. The molecule has 0 aliphatic carbocycles. The normalized spacial score (nSPS) is 10.2. The third-order valence-electron chi connectivity index (χ3n) is 2.38. The SMILES string of the molecule is CCCCCOc1ncnc(NN)c1CC. The molecule has 90 valence electrons. The molecule has 1 aromatic heterocycles. The molecule has 1 aromatic rings. The van der Waals surface area contributed by atoms with Crippen LogP contribution in [0.1, 0.15) is 38.7 Å². The van der Waals surface area contributed by atoms with Gasteiger partial charge >= 0.3 is 0 Å². The topological polar surface area (TPSA) is 73.1 Å². The van der Waals surface area contributed by atoms with Crippen molar-refractivity contribution in [3.63, 3.8) is 0 Å². The highest BCUT2D eigenvalue weighted by Crippen LogP contribution is 2.21. The summed E-state index contributed by atoms with van der Waals surface area (Å²) >= 11 is 0. The van der Waals surface area contributed by atoms with E-state index in [-0.39, 0.29) is 0 Å². The molecule has 0 saturated carbocycles. The third kappa shape index (κ3) is 3.34. The molecule has 0 amide bonds. The standard InChI is InChI=1S/C11H20N4O/c1-3-5-6-7-16-11-9(4-2)10(15-12)13-8-14-11/h8H,3-7,12H2,1-2H3,(H,13,14,15). The molecule has 1 rings (SSSR count). The maximum absolute atomic E-state index is 5.63. The quantitative estimate of drug-likeness (QED) is 0.420. The van der Waals surface area contributed by atoms with Crippen LogP contribution in [0.4, 0.5) is 5.82 Å². The van der Waals surface area contributed by atoms with E-state index in [0.717, 1.165) is 18.4 Å². The average Bonchev–Trinajstić information content (AvgIpc) is 2.34. The summed E-state index contributed by atoms with van der Waals surface area (Å²) in [4.78, 5) is 8.17. The fraction of sp³-hybridized carbons (Fsp3) is 0.636. The van der Waals surface area contributed by atoms with E-state index in [0.29, 0.717) is 18.3 Å². The lowest BCUT2D eigenvalue weighted by Crippen LogP contribution is -2.13. The number of aromatic nitrogens is 2. The number of ether oxygens (including phenoxy) is 1. The van der Waals surface area contributed by atoms with E-state index in [1.807, 2.05) is 6.92 Å². The highest BCUT2D eigenvalue weighted by Gasteiger charge is 2.09. The number of nitrogens with two attached hydrogens (primary N) is 1. The smallest absolute Gasteiger partial charge is 0.221 e. The summed E-state index contributed by atoms with van der Waals surface area (Å²) in [5.41, 5.74) is 3.49. The number of hydrogen-bond acceptors (Lipinski definition) is 5. The van der Waals surface area contributed by atoms with Gasteiger partial charge in [0.2, 0.25) is 5.88 Å². The van der Waals surface area contributed by atoms with Crippen LogP contribution in [0.3, 0.4) is 0 Å². The van der Waals surface area contributed by atoms with Crippen LogP contribution in [0.15, 0.2) is 6.33 Å². The van der Waals surface area contributed by atoms with Gasteiger partial charge in [-0.05, 0) is 12.8 Å². The third-order valence-corrected chi connectivity index (χ3v) is 2.38. The van der Waals surface area contributed by atoms with Gasteiger partial charge in [0.05, 0.1) is 12.2 Å². The lowest BCUT2D eigenvalue weighted by atomic mass is 10.2. The molecule has 0 unspecified atom stereocenters. The summed E-state index contributed by atoms with van der Waals surface area (Å²) < 4.78 is 5.63. The first kappa shape index (κ1) is 12.7. The molecule has 5 nitrogen and oxygen atoms in total. The monoisotopic (exact) mass is 224 g/mol.